The predicted molar refractivity (Wildman–Crippen MR) is 95.8 cm³/mol. The Hall–Kier alpha value is -2.50. The first-order chi connectivity index (χ1) is 12.3. The van der Waals surface area contributed by atoms with Gasteiger partial charge < -0.3 is 10.2 Å². The molecule has 2 amide bonds. The minimum absolute atomic E-state index is 0.245. The molecule has 0 aromatic heterocycles. The van der Waals surface area contributed by atoms with Gasteiger partial charge in [-0.2, -0.15) is 13.2 Å². The number of carbonyl (C=O) groups is 1. The maximum absolute atomic E-state index is 12.6. The van der Waals surface area contributed by atoms with Gasteiger partial charge in [-0.1, -0.05) is 49.4 Å². The summed E-state index contributed by atoms with van der Waals surface area (Å²) >= 11 is 0. The summed E-state index contributed by atoms with van der Waals surface area (Å²) in [6.07, 6.45) is -3.54. The number of amides is 2. The number of hydrogen-bond donors (Lipinski definition) is 1. The third kappa shape index (κ3) is 5.79. The lowest BCUT2D eigenvalue weighted by atomic mass is 9.98. The highest BCUT2D eigenvalue weighted by atomic mass is 19.4. The Balaban J connectivity index is 1.78. The molecule has 3 nitrogen and oxygen atoms in total. The first-order valence-electron chi connectivity index (χ1n) is 8.47. The molecule has 0 fully saturated rings. The normalized spacial score (nSPS) is 12.5. The fraction of sp³-hybridized carbons (Fsp3) is 0.350. The van der Waals surface area contributed by atoms with Crippen LogP contribution < -0.4 is 5.32 Å². The summed E-state index contributed by atoms with van der Waals surface area (Å²) in [6.45, 7) is 2.89. The van der Waals surface area contributed by atoms with Crippen molar-refractivity contribution in [2.24, 2.45) is 0 Å². The first-order valence-corrected chi connectivity index (χ1v) is 8.47. The molecule has 0 aliphatic carbocycles. The van der Waals surface area contributed by atoms with Crippen molar-refractivity contribution < 1.29 is 18.0 Å². The smallest absolute Gasteiger partial charge is 0.338 e. The van der Waals surface area contributed by atoms with E-state index < -0.39 is 11.7 Å². The third-order valence-electron chi connectivity index (χ3n) is 4.27. The molecule has 0 spiro atoms. The molecule has 26 heavy (non-hydrogen) atoms. The molecule has 0 unspecified atom stereocenters. The molecule has 0 saturated heterocycles. The van der Waals surface area contributed by atoms with Crippen LogP contribution >= 0.6 is 0 Å². The highest BCUT2D eigenvalue weighted by molar-refractivity contribution is 5.73. The molecule has 0 radical (unpaired) electrons. The van der Waals surface area contributed by atoms with E-state index in [1.807, 2.05) is 18.2 Å². The highest BCUT2D eigenvalue weighted by Crippen LogP contribution is 2.29. The van der Waals surface area contributed by atoms with E-state index in [0.29, 0.717) is 18.0 Å². The summed E-state index contributed by atoms with van der Waals surface area (Å²) in [5.41, 5.74) is 1.18. The van der Waals surface area contributed by atoms with Crippen LogP contribution in [0, 0.1) is 0 Å². The summed E-state index contributed by atoms with van der Waals surface area (Å²) in [7, 11) is 1.62. The highest BCUT2D eigenvalue weighted by Gasteiger charge is 2.29. The molecule has 1 N–H and O–H groups in total. The largest absolute Gasteiger partial charge is 0.416 e. The van der Waals surface area contributed by atoms with Gasteiger partial charge in [-0.15, -0.1) is 0 Å². The molecule has 0 heterocycles. The average Bonchev–Trinajstić information content (AvgIpc) is 2.62. The van der Waals surface area contributed by atoms with E-state index in [4.69, 9.17) is 0 Å². The van der Waals surface area contributed by atoms with Crippen molar-refractivity contribution in [3.05, 3.63) is 71.3 Å². The zero-order valence-electron chi connectivity index (χ0n) is 14.9. The topological polar surface area (TPSA) is 32.3 Å². The van der Waals surface area contributed by atoms with Crippen molar-refractivity contribution in [2.45, 2.75) is 32.0 Å². The van der Waals surface area contributed by atoms with Crippen molar-refractivity contribution in [2.75, 3.05) is 13.6 Å². The van der Waals surface area contributed by atoms with Gasteiger partial charge in [0.2, 0.25) is 0 Å². The van der Waals surface area contributed by atoms with E-state index in [0.717, 1.165) is 18.6 Å². The van der Waals surface area contributed by atoms with Crippen LogP contribution in [0.3, 0.4) is 0 Å². The van der Waals surface area contributed by atoms with Gasteiger partial charge in [0.05, 0.1) is 5.56 Å². The molecule has 2 rings (SSSR count). The average molecular weight is 364 g/mol. The molecule has 140 valence electrons. The molecule has 2 aromatic carbocycles. The number of rotatable bonds is 6. The lowest BCUT2D eigenvalue weighted by Crippen LogP contribution is -2.37. The third-order valence-corrected chi connectivity index (χ3v) is 4.27. The molecule has 6 heteroatoms. The first kappa shape index (κ1) is 19.8. The lowest BCUT2D eigenvalue weighted by molar-refractivity contribution is -0.137. The summed E-state index contributed by atoms with van der Waals surface area (Å²) in [6, 6.07) is 14.7. The number of benzene rings is 2. The fourth-order valence-corrected chi connectivity index (χ4v) is 2.62. The van der Waals surface area contributed by atoms with Crippen LogP contribution in [0.1, 0.15) is 36.0 Å². The number of nitrogens with one attached hydrogen (secondary N) is 1. The molecule has 0 saturated carbocycles. The van der Waals surface area contributed by atoms with Gasteiger partial charge in [0.1, 0.15) is 0 Å². The second-order valence-electron chi connectivity index (χ2n) is 6.38. The van der Waals surface area contributed by atoms with Crippen LogP contribution in [0.4, 0.5) is 18.0 Å². The molecular weight excluding hydrogens is 341 g/mol. The standard InChI is InChI=1S/C20H23F3N2O/c1-15(17-6-4-3-5-7-17)12-13-24-19(26)25(2)14-16-8-10-18(11-9-16)20(21,22)23/h3-11,15H,12-14H2,1-2H3,(H,24,26)/t15-/m0/s1. The van der Waals surface area contributed by atoms with E-state index in [2.05, 4.69) is 24.4 Å². The van der Waals surface area contributed by atoms with Crippen molar-refractivity contribution in [3.63, 3.8) is 0 Å². The van der Waals surface area contributed by atoms with E-state index in [-0.39, 0.29) is 12.6 Å². The maximum Gasteiger partial charge on any atom is 0.416 e. The summed E-state index contributed by atoms with van der Waals surface area (Å²) in [5, 5.41) is 2.85. The molecule has 2 aromatic rings. The van der Waals surface area contributed by atoms with E-state index in [1.165, 1.54) is 22.6 Å². The number of alkyl halides is 3. The Labute approximate surface area is 151 Å². The summed E-state index contributed by atoms with van der Waals surface area (Å²) in [4.78, 5) is 13.6. The number of carbonyl (C=O) groups excluding carboxylic acids is 1. The van der Waals surface area contributed by atoms with Gasteiger partial charge in [-0.25, -0.2) is 4.79 Å². The zero-order valence-corrected chi connectivity index (χ0v) is 14.9. The molecule has 0 aliphatic rings. The molecular formula is C20H23F3N2O. The number of halogens is 3. The molecule has 0 bridgehead atoms. The van der Waals surface area contributed by atoms with Crippen molar-refractivity contribution in [3.8, 4) is 0 Å². The van der Waals surface area contributed by atoms with E-state index in [9.17, 15) is 18.0 Å². The van der Waals surface area contributed by atoms with E-state index in [1.54, 1.807) is 7.05 Å². The minimum atomic E-state index is -4.35. The monoisotopic (exact) mass is 364 g/mol. The Morgan fingerprint density at radius 2 is 1.69 bits per heavy atom. The van der Waals surface area contributed by atoms with Crippen molar-refractivity contribution in [1.29, 1.82) is 0 Å². The van der Waals surface area contributed by atoms with Crippen molar-refractivity contribution >= 4 is 6.03 Å². The van der Waals surface area contributed by atoms with Crippen LogP contribution in [0.2, 0.25) is 0 Å². The Morgan fingerprint density at radius 1 is 1.08 bits per heavy atom. The predicted octanol–water partition coefficient (Wildman–Crippen LogP) is 5.04. The van der Waals surface area contributed by atoms with Crippen LogP contribution in [0.25, 0.3) is 0 Å². The Morgan fingerprint density at radius 3 is 2.27 bits per heavy atom. The van der Waals surface area contributed by atoms with Gasteiger partial charge in [-0.3, -0.25) is 0 Å². The number of hydrogen-bond acceptors (Lipinski definition) is 1. The van der Waals surface area contributed by atoms with Crippen LogP contribution in [0.15, 0.2) is 54.6 Å². The second-order valence-corrected chi connectivity index (χ2v) is 6.38. The second kappa shape index (κ2) is 8.74. The van der Waals surface area contributed by atoms with Crippen molar-refractivity contribution in [1.82, 2.24) is 10.2 Å². The van der Waals surface area contributed by atoms with E-state index >= 15 is 0 Å². The van der Waals surface area contributed by atoms with Gasteiger partial charge in [0, 0.05) is 20.1 Å². The summed E-state index contributed by atoms with van der Waals surface area (Å²) < 4.78 is 37.7. The van der Waals surface area contributed by atoms with Crippen LogP contribution in [0.5, 0.6) is 0 Å². The van der Waals surface area contributed by atoms with Gasteiger partial charge >= 0.3 is 12.2 Å². The Kier molecular flexibility index (Phi) is 6.66. The number of urea groups is 1. The lowest BCUT2D eigenvalue weighted by Gasteiger charge is -2.19. The summed E-state index contributed by atoms with van der Waals surface area (Å²) in [5.74, 6) is 0.330. The van der Waals surface area contributed by atoms with Gasteiger partial charge in [0.25, 0.3) is 0 Å². The Bertz CT molecular complexity index is 699. The van der Waals surface area contributed by atoms with Crippen LogP contribution in [-0.4, -0.2) is 24.5 Å². The number of nitrogens with zero attached hydrogens (tertiary/aromatic N) is 1. The zero-order chi connectivity index (χ0) is 19.2. The maximum atomic E-state index is 12.6. The fourth-order valence-electron chi connectivity index (χ4n) is 2.62. The SMILES string of the molecule is C[C@@H](CCNC(=O)N(C)Cc1ccc(C(F)(F)F)cc1)c1ccccc1. The molecule has 1 atom stereocenters. The quantitative estimate of drug-likeness (QED) is 0.765. The minimum Gasteiger partial charge on any atom is -0.338 e. The van der Waals surface area contributed by atoms with Gasteiger partial charge in [0.15, 0.2) is 0 Å². The molecule has 0 aliphatic heterocycles. The van der Waals surface area contributed by atoms with Crippen LogP contribution in [-0.2, 0) is 12.7 Å². The van der Waals surface area contributed by atoms with Gasteiger partial charge in [-0.05, 0) is 35.6 Å².